The molecule has 0 saturated heterocycles. The monoisotopic (exact) mass is 1390 g/mol. The first-order valence-electron chi connectivity index (χ1n) is 34.5. The van der Waals surface area contributed by atoms with Crippen molar-refractivity contribution in [3.05, 3.63) is 271 Å². The van der Waals surface area contributed by atoms with Gasteiger partial charge in [0.15, 0.2) is 0 Å². The fourth-order valence-corrected chi connectivity index (χ4v) is 13.6. The van der Waals surface area contributed by atoms with Crippen LogP contribution in [0, 0.1) is 32.2 Å². The molecular formula is C86H70N4O2Pt-2. The molecule has 16 rings (SSSR count). The largest absolute Gasteiger partial charge is 0.510 e. The zero-order valence-corrected chi connectivity index (χ0v) is 55.6. The first kappa shape index (κ1) is 52.7. The Labute approximate surface area is 567 Å². The molecule has 0 N–H and O–H groups in total. The van der Waals surface area contributed by atoms with Gasteiger partial charge in [-0.2, -0.15) is 18.2 Å². The van der Waals surface area contributed by atoms with Gasteiger partial charge in [-0.3, -0.25) is 4.57 Å². The molecule has 1 aliphatic rings. The summed E-state index contributed by atoms with van der Waals surface area (Å²) >= 11 is 0. The second-order valence-corrected chi connectivity index (χ2v) is 27.6. The summed E-state index contributed by atoms with van der Waals surface area (Å²) in [7, 11) is 0. The standard InChI is InChI=1S/C86H70N4O2.Pt/c1-52-22-20-23-53(2)81(52)57-44-71(54-34-37-79-72(42-54)70-31-17-19-33-78(70)92-79)82-73(45-57)66-28-14-12-26-64(66)65-27-13-15-29-67(65)74-43-56(55-40-59(85(6,7)8)47-60(41-55)86(9,10)11)46-77-83(74)89(82)51-88(77)61-24-21-25-62(49-61)91-63-35-36-69-68-30-16-18-32-75(68)90(76(69)50-63)80-48-58(38-39-87-80)84(3,4)5;/h12-48H,1-11H3;/q-2;/i1D3,2D3;. The fourth-order valence-electron chi connectivity index (χ4n) is 13.6. The van der Waals surface area contributed by atoms with Gasteiger partial charge in [0, 0.05) is 63.3 Å². The van der Waals surface area contributed by atoms with Gasteiger partial charge in [-0.05, 0) is 190 Å². The minimum absolute atomic E-state index is 0. The Morgan fingerprint density at radius 1 is 0.452 bits per heavy atom. The first-order valence-corrected chi connectivity index (χ1v) is 31.5. The molecule has 5 heterocycles. The maximum absolute atomic E-state index is 9.02. The molecule has 0 amide bonds. The number of furan rings is 1. The van der Waals surface area contributed by atoms with Crippen molar-refractivity contribution in [3.8, 4) is 95.5 Å². The van der Waals surface area contributed by atoms with Gasteiger partial charge in [0.05, 0.1) is 16.7 Å². The van der Waals surface area contributed by atoms with E-state index in [-0.39, 0.29) is 54.0 Å². The Morgan fingerprint density at radius 3 is 1.76 bits per heavy atom. The third-order valence-corrected chi connectivity index (χ3v) is 18.5. The van der Waals surface area contributed by atoms with Crippen LogP contribution in [0.15, 0.2) is 229 Å². The Kier molecular flexibility index (Phi) is 12.6. The maximum Gasteiger partial charge on any atom is 0.268 e. The van der Waals surface area contributed by atoms with E-state index in [1.54, 1.807) is 0 Å². The van der Waals surface area contributed by atoms with Gasteiger partial charge in [-0.1, -0.05) is 201 Å². The number of fused-ring (bicyclic) bond motifs is 13. The SMILES string of the molecule is [2H]C([2H])([2H])c1cccc(C([2H])([2H])[2H])c1-c1cc(-c2ccc3oc4ccccc4c3c2)c2c(c1)-c1ccccc1-c1ccccc1-c1cc(-c3cc(C(C)(C)C)cc(C(C)(C)C)c3)cc3c1[n+]-2[c-]n3-c1[c-]c(Oc2[c-]c3c(cc2)c2ccccc2n3-c2cc(C(C)(C)C)ccn2)ccc1.[Pt]. The molecule has 0 unspecified atom stereocenters. The fraction of sp³-hybridized carbons (Fsp3) is 0.163. The number of imidazole rings is 1. The summed E-state index contributed by atoms with van der Waals surface area (Å²) in [5, 5.41) is 3.90. The van der Waals surface area contributed by atoms with Gasteiger partial charge >= 0.3 is 0 Å². The van der Waals surface area contributed by atoms with Gasteiger partial charge in [0.25, 0.3) is 6.33 Å². The first-order chi connectivity index (χ1) is 46.7. The van der Waals surface area contributed by atoms with E-state index >= 15 is 0 Å². The molecule has 458 valence electrons. The van der Waals surface area contributed by atoms with Crippen molar-refractivity contribution in [1.82, 2.24) is 14.1 Å². The Morgan fingerprint density at radius 2 is 1.05 bits per heavy atom. The van der Waals surface area contributed by atoms with Gasteiger partial charge in [0.2, 0.25) is 0 Å². The predicted molar refractivity (Wildman–Crippen MR) is 379 cm³/mol. The topological polar surface area (TPSA) is 49.0 Å². The quantitative estimate of drug-likeness (QED) is 0.118. The van der Waals surface area contributed by atoms with E-state index in [4.69, 9.17) is 22.4 Å². The summed E-state index contributed by atoms with van der Waals surface area (Å²) in [6.45, 7) is 14.8. The number of hydrogen-bond donors (Lipinski definition) is 0. The molecule has 0 radical (unpaired) electrons. The number of nitrogens with zero attached hydrogens (tertiary/aromatic N) is 4. The number of benzene rings is 11. The van der Waals surface area contributed by atoms with Gasteiger partial charge < -0.3 is 18.3 Å². The number of ether oxygens (including phenoxy) is 1. The van der Waals surface area contributed by atoms with Gasteiger partial charge in [-0.15, -0.1) is 29.7 Å². The van der Waals surface area contributed by atoms with Crippen LogP contribution in [0.2, 0.25) is 0 Å². The average Bonchev–Trinajstić information content (AvgIpc) is 1.61. The summed E-state index contributed by atoms with van der Waals surface area (Å²) in [4.78, 5) is 4.94. The molecule has 1 aliphatic heterocycles. The Balaban J connectivity index is 0.00000798. The number of para-hydroxylation sites is 2. The molecule has 0 spiro atoms. The summed E-state index contributed by atoms with van der Waals surface area (Å²) in [5.74, 6) is 1.73. The molecule has 93 heavy (non-hydrogen) atoms. The van der Waals surface area contributed by atoms with E-state index in [0.717, 1.165) is 111 Å². The van der Waals surface area contributed by atoms with Gasteiger partial charge in [-0.25, -0.2) is 4.98 Å². The Bertz CT molecular complexity index is 5730. The third-order valence-electron chi connectivity index (χ3n) is 18.5. The minimum Gasteiger partial charge on any atom is -0.510 e. The van der Waals surface area contributed by atoms with E-state index in [1.807, 2.05) is 85.1 Å². The van der Waals surface area contributed by atoms with E-state index in [0.29, 0.717) is 39.5 Å². The molecule has 6 nitrogen and oxygen atoms in total. The molecule has 0 atom stereocenters. The van der Waals surface area contributed by atoms with Crippen molar-refractivity contribution < 1.29 is 43.0 Å². The number of pyridine rings is 1. The molecular weight excluding hydrogens is 1320 g/mol. The molecule has 0 aliphatic carbocycles. The van der Waals surface area contributed by atoms with Crippen LogP contribution in [0.3, 0.4) is 0 Å². The zero-order chi connectivity index (χ0) is 68.1. The van der Waals surface area contributed by atoms with E-state index in [2.05, 4.69) is 216 Å². The molecule has 11 aromatic carbocycles. The van der Waals surface area contributed by atoms with E-state index in [9.17, 15) is 0 Å². The normalized spacial score (nSPS) is 13.6. The summed E-state index contributed by atoms with van der Waals surface area (Å²) in [5.41, 5.74) is 18.7. The van der Waals surface area contributed by atoms with Crippen LogP contribution < -0.4 is 9.30 Å². The van der Waals surface area contributed by atoms with E-state index < -0.39 is 13.7 Å². The number of aromatic nitrogens is 4. The minimum atomic E-state index is -2.69. The van der Waals surface area contributed by atoms with Crippen molar-refractivity contribution in [2.24, 2.45) is 0 Å². The van der Waals surface area contributed by atoms with Crippen LogP contribution in [0.25, 0.3) is 139 Å². The van der Waals surface area contributed by atoms with Crippen molar-refractivity contribution in [1.29, 1.82) is 0 Å². The molecule has 0 bridgehead atoms. The number of rotatable bonds is 7. The summed E-state index contributed by atoms with van der Waals surface area (Å²) in [6, 6.07) is 81.1. The van der Waals surface area contributed by atoms with Crippen molar-refractivity contribution in [2.45, 2.75) is 92.3 Å². The van der Waals surface area contributed by atoms with Crippen molar-refractivity contribution in [3.63, 3.8) is 0 Å². The van der Waals surface area contributed by atoms with E-state index in [1.165, 1.54) is 29.3 Å². The van der Waals surface area contributed by atoms with Crippen LogP contribution in [0.1, 0.15) is 98.4 Å². The predicted octanol–water partition coefficient (Wildman–Crippen LogP) is 22.3. The van der Waals surface area contributed by atoms with Crippen molar-refractivity contribution in [2.75, 3.05) is 0 Å². The molecule has 15 aromatic rings. The smallest absolute Gasteiger partial charge is 0.268 e. The van der Waals surface area contributed by atoms with Crippen molar-refractivity contribution >= 4 is 54.8 Å². The van der Waals surface area contributed by atoms with Crippen LogP contribution in [0.4, 0.5) is 0 Å². The molecule has 4 aromatic heterocycles. The third kappa shape index (κ3) is 10.1. The average molecular weight is 1390 g/mol. The second kappa shape index (κ2) is 22.2. The molecule has 0 fully saturated rings. The molecule has 7 heteroatoms. The summed E-state index contributed by atoms with van der Waals surface area (Å²) < 4.78 is 74.0. The van der Waals surface area contributed by atoms with Gasteiger partial charge in [0.1, 0.15) is 17.0 Å². The maximum atomic E-state index is 9.02. The summed E-state index contributed by atoms with van der Waals surface area (Å²) in [6.07, 6.45) is 5.89. The van der Waals surface area contributed by atoms with Crippen LogP contribution in [-0.2, 0) is 37.3 Å². The van der Waals surface area contributed by atoms with Crippen LogP contribution in [-0.4, -0.2) is 14.1 Å². The number of aryl methyl sites for hydroxylation is 2. The Hall–Kier alpha value is -9.87. The van der Waals surface area contributed by atoms with Crippen LogP contribution in [0.5, 0.6) is 11.5 Å². The van der Waals surface area contributed by atoms with Crippen LogP contribution >= 0.6 is 0 Å². The molecule has 0 saturated carbocycles. The number of hydrogen-bond acceptors (Lipinski definition) is 3. The zero-order valence-electron chi connectivity index (χ0n) is 59.3. The second-order valence-electron chi connectivity index (χ2n) is 27.6.